The average molecular weight is 415 g/mol. The number of hydrogen-bond donors (Lipinski definition) is 2. The van der Waals surface area contributed by atoms with Crippen LogP contribution in [0.25, 0.3) is 0 Å². The third kappa shape index (κ3) is 4.86. The van der Waals surface area contributed by atoms with Gasteiger partial charge in [-0.1, -0.05) is 18.1 Å². The molecular weight excluding hydrogens is 386 g/mol. The van der Waals surface area contributed by atoms with Gasteiger partial charge in [-0.15, -0.1) is 5.10 Å². The first-order valence-corrected chi connectivity index (χ1v) is 10.6. The molecule has 2 aliphatic rings. The number of aliphatic hydroxyl groups is 1. The van der Waals surface area contributed by atoms with Crippen molar-refractivity contribution in [1.29, 1.82) is 0 Å². The van der Waals surface area contributed by atoms with E-state index in [2.05, 4.69) is 20.7 Å². The van der Waals surface area contributed by atoms with Crippen molar-refractivity contribution in [3.63, 3.8) is 0 Å². The van der Waals surface area contributed by atoms with E-state index in [1.807, 2.05) is 13.0 Å². The minimum Gasteiger partial charge on any atom is -0.388 e. The number of carbonyl (C=O) groups is 2. The number of aryl methyl sites for hydroxylation is 1. The van der Waals surface area contributed by atoms with E-state index in [0.29, 0.717) is 25.9 Å². The molecule has 4 rings (SSSR count). The van der Waals surface area contributed by atoms with Gasteiger partial charge in [0.25, 0.3) is 5.91 Å². The van der Waals surface area contributed by atoms with E-state index in [1.54, 1.807) is 22.0 Å². The summed E-state index contributed by atoms with van der Waals surface area (Å²) in [6.07, 6.45) is 8.57. The molecule has 0 aromatic carbocycles. The number of likely N-dealkylation sites (tertiary alicyclic amines) is 1. The lowest BCUT2D eigenvalue weighted by atomic mass is 9.91. The first-order chi connectivity index (χ1) is 14.4. The number of carbonyl (C=O) groups excluding carboxylic acids is 2. The second kappa shape index (κ2) is 8.55. The second-order valence-corrected chi connectivity index (χ2v) is 8.52. The standard InChI is InChI=1S/C20H29N7O3/c1-15-6-9-26(23-15)13-18(28)25-10-7-20(30,8-11-25)14-27-12-17(22-24-27)19(29)21-16-4-2-3-5-16/h6,9,12,16,30H,2-5,7-8,10-11,13-14H2,1H3,(H,21,29). The molecule has 1 aliphatic carbocycles. The number of piperidine rings is 1. The summed E-state index contributed by atoms with van der Waals surface area (Å²) in [5.41, 5.74) is 0.166. The predicted octanol–water partition coefficient (Wildman–Crippen LogP) is 0.509. The van der Waals surface area contributed by atoms with E-state index in [4.69, 9.17) is 0 Å². The van der Waals surface area contributed by atoms with Gasteiger partial charge in [-0.25, -0.2) is 4.68 Å². The quantitative estimate of drug-likeness (QED) is 0.710. The van der Waals surface area contributed by atoms with Gasteiger partial charge >= 0.3 is 0 Å². The Hall–Kier alpha value is -2.75. The molecule has 0 radical (unpaired) electrons. The molecule has 30 heavy (non-hydrogen) atoms. The average Bonchev–Trinajstić information content (AvgIpc) is 3.45. The fourth-order valence-corrected chi connectivity index (χ4v) is 4.23. The minimum atomic E-state index is -0.980. The van der Waals surface area contributed by atoms with Crippen molar-refractivity contribution in [2.24, 2.45) is 0 Å². The highest BCUT2D eigenvalue weighted by molar-refractivity contribution is 5.92. The fourth-order valence-electron chi connectivity index (χ4n) is 4.23. The van der Waals surface area contributed by atoms with Gasteiger partial charge in [-0.2, -0.15) is 5.10 Å². The lowest BCUT2D eigenvalue weighted by molar-refractivity contribution is -0.136. The van der Waals surface area contributed by atoms with Crippen LogP contribution in [-0.4, -0.2) is 71.3 Å². The highest BCUT2D eigenvalue weighted by Gasteiger charge is 2.35. The third-order valence-corrected chi connectivity index (χ3v) is 6.04. The van der Waals surface area contributed by atoms with E-state index >= 15 is 0 Å². The van der Waals surface area contributed by atoms with Crippen LogP contribution in [0, 0.1) is 6.92 Å². The number of hydrogen-bond acceptors (Lipinski definition) is 6. The summed E-state index contributed by atoms with van der Waals surface area (Å²) in [6.45, 7) is 3.28. The van der Waals surface area contributed by atoms with E-state index < -0.39 is 5.60 Å². The fraction of sp³-hybridized carbons (Fsp3) is 0.650. The zero-order valence-electron chi connectivity index (χ0n) is 17.3. The number of nitrogens with zero attached hydrogens (tertiary/aromatic N) is 6. The van der Waals surface area contributed by atoms with Crippen LogP contribution in [0.4, 0.5) is 0 Å². The summed E-state index contributed by atoms with van der Waals surface area (Å²) in [4.78, 5) is 26.5. The van der Waals surface area contributed by atoms with Crippen LogP contribution < -0.4 is 5.32 Å². The molecule has 2 N–H and O–H groups in total. The predicted molar refractivity (Wildman–Crippen MR) is 107 cm³/mol. The molecule has 10 heteroatoms. The molecule has 10 nitrogen and oxygen atoms in total. The molecule has 2 fully saturated rings. The second-order valence-electron chi connectivity index (χ2n) is 8.52. The Morgan fingerprint density at radius 2 is 1.97 bits per heavy atom. The lowest BCUT2D eigenvalue weighted by Gasteiger charge is -2.38. The van der Waals surface area contributed by atoms with Gasteiger partial charge in [0.05, 0.1) is 24.0 Å². The van der Waals surface area contributed by atoms with Crippen LogP contribution in [0.1, 0.15) is 54.7 Å². The van der Waals surface area contributed by atoms with E-state index in [0.717, 1.165) is 31.4 Å². The first-order valence-electron chi connectivity index (χ1n) is 10.6. The summed E-state index contributed by atoms with van der Waals surface area (Å²) in [6, 6.07) is 2.09. The molecule has 2 amide bonds. The van der Waals surface area contributed by atoms with Crippen molar-refractivity contribution in [3.8, 4) is 0 Å². The molecule has 2 aromatic rings. The monoisotopic (exact) mass is 415 g/mol. The molecule has 0 unspecified atom stereocenters. The largest absolute Gasteiger partial charge is 0.388 e. The number of amides is 2. The maximum atomic E-state index is 12.5. The van der Waals surface area contributed by atoms with Crippen molar-refractivity contribution >= 4 is 11.8 Å². The molecular formula is C20H29N7O3. The van der Waals surface area contributed by atoms with Crippen LogP contribution in [0.15, 0.2) is 18.5 Å². The SMILES string of the molecule is Cc1ccn(CC(=O)N2CCC(O)(Cn3cc(C(=O)NC4CCCC4)nn3)CC2)n1. The minimum absolute atomic E-state index is 0.00761. The van der Waals surface area contributed by atoms with Crippen molar-refractivity contribution < 1.29 is 14.7 Å². The zero-order chi connectivity index (χ0) is 21.1. The van der Waals surface area contributed by atoms with Crippen LogP contribution in [0.3, 0.4) is 0 Å². The summed E-state index contributed by atoms with van der Waals surface area (Å²) < 4.78 is 3.15. The van der Waals surface area contributed by atoms with Gasteiger partial charge in [0.2, 0.25) is 5.91 Å². The summed E-state index contributed by atoms with van der Waals surface area (Å²) in [5.74, 6) is -0.221. The number of rotatable bonds is 6. The lowest BCUT2D eigenvalue weighted by Crippen LogP contribution is -2.49. The third-order valence-electron chi connectivity index (χ3n) is 6.04. The number of nitrogens with one attached hydrogen (secondary N) is 1. The van der Waals surface area contributed by atoms with Gasteiger partial charge in [0, 0.05) is 25.3 Å². The molecule has 1 saturated carbocycles. The molecule has 0 spiro atoms. The molecule has 162 valence electrons. The van der Waals surface area contributed by atoms with Gasteiger partial charge in [0.15, 0.2) is 5.69 Å². The summed E-state index contributed by atoms with van der Waals surface area (Å²) in [7, 11) is 0. The molecule has 2 aromatic heterocycles. The summed E-state index contributed by atoms with van der Waals surface area (Å²) in [5, 5.41) is 26.2. The molecule has 1 aliphatic heterocycles. The van der Waals surface area contributed by atoms with Crippen LogP contribution in [0.2, 0.25) is 0 Å². The highest BCUT2D eigenvalue weighted by atomic mass is 16.3. The summed E-state index contributed by atoms with van der Waals surface area (Å²) >= 11 is 0. The van der Waals surface area contributed by atoms with Gasteiger partial charge in [-0.05, 0) is 38.7 Å². The van der Waals surface area contributed by atoms with Crippen LogP contribution in [-0.2, 0) is 17.9 Å². The van der Waals surface area contributed by atoms with Crippen molar-refractivity contribution in [1.82, 2.24) is 35.0 Å². The Morgan fingerprint density at radius 1 is 1.23 bits per heavy atom. The maximum absolute atomic E-state index is 12.5. The van der Waals surface area contributed by atoms with Gasteiger partial charge in [0.1, 0.15) is 6.54 Å². The van der Waals surface area contributed by atoms with Gasteiger partial charge < -0.3 is 15.3 Å². The van der Waals surface area contributed by atoms with Crippen molar-refractivity contribution in [2.45, 2.75) is 70.2 Å². The smallest absolute Gasteiger partial charge is 0.273 e. The van der Waals surface area contributed by atoms with Crippen molar-refractivity contribution in [2.75, 3.05) is 13.1 Å². The number of aromatic nitrogens is 5. The Kier molecular flexibility index (Phi) is 5.85. The zero-order valence-corrected chi connectivity index (χ0v) is 17.3. The Morgan fingerprint density at radius 3 is 2.63 bits per heavy atom. The Labute approximate surface area is 175 Å². The molecule has 3 heterocycles. The van der Waals surface area contributed by atoms with Crippen LogP contribution in [0.5, 0.6) is 0 Å². The first kappa shape index (κ1) is 20.5. The topological polar surface area (TPSA) is 118 Å². The molecule has 1 saturated heterocycles. The Balaban J connectivity index is 1.27. The maximum Gasteiger partial charge on any atom is 0.273 e. The van der Waals surface area contributed by atoms with E-state index in [-0.39, 0.29) is 36.6 Å². The van der Waals surface area contributed by atoms with E-state index in [9.17, 15) is 14.7 Å². The molecule has 0 bridgehead atoms. The van der Waals surface area contributed by atoms with Crippen molar-refractivity contribution in [3.05, 3.63) is 29.8 Å². The normalized spacial score (nSPS) is 19.2. The van der Waals surface area contributed by atoms with Gasteiger partial charge in [-0.3, -0.25) is 14.3 Å². The van der Waals surface area contributed by atoms with Crippen LogP contribution >= 0.6 is 0 Å². The highest BCUT2D eigenvalue weighted by Crippen LogP contribution is 2.24. The Bertz CT molecular complexity index is 892. The molecule has 0 atom stereocenters. The van der Waals surface area contributed by atoms with E-state index in [1.165, 1.54) is 4.68 Å².